The Morgan fingerprint density at radius 2 is 1.00 bits per heavy atom. The summed E-state index contributed by atoms with van der Waals surface area (Å²) in [6.45, 7) is 3.79. The van der Waals surface area contributed by atoms with Gasteiger partial charge >= 0.3 is 0 Å². The van der Waals surface area contributed by atoms with Crippen LogP contribution in [-0.2, 0) is 15.1 Å². The van der Waals surface area contributed by atoms with E-state index in [0.717, 1.165) is 16.7 Å². The summed E-state index contributed by atoms with van der Waals surface area (Å²) in [6, 6.07) is 31.2. The molecule has 0 saturated heterocycles. The van der Waals surface area contributed by atoms with Crippen LogP contribution in [0.4, 0.5) is 0 Å². The molecule has 3 aromatic carbocycles. The molecule has 0 bridgehead atoms. The van der Waals surface area contributed by atoms with Crippen LogP contribution in [0, 0.1) is 0 Å². The van der Waals surface area contributed by atoms with E-state index in [9.17, 15) is 0 Å². The summed E-state index contributed by atoms with van der Waals surface area (Å²) in [5, 5.41) is 0. The maximum absolute atomic E-state index is 6.56. The summed E-state index contributed by atoms with van der Waals surface area (Å²) < 4.78 is 12.1. The molecule has 0 N–H and O–H groups in total. The Bertz CT molecular complexity index is 642. The lowest BCUT2D eigenvalue weighted by molar-refractivity contribution is -0.0218. The summed E-state index contributed by atoms with van der Waals surface area (Å²) in [5.74, 6) is 0. The third-order valence-corrected chi connectivity index (χ3v) is 4.29. The second-order valence-electron chi connectivity index (χ2n) is 5.82. The molecule has 0 atom stereocenters. The van der Waals surface area contributed by atoms with E-state index in [-0.39, 0.29) is 0 Å². The van der Waals surface area contributed by atoms with Crippen LogP contribution in [0.1, 0.15) is 23.6 Å². The van der Waals surface area contributed by atoms with Crippen molar-refractivity contribution in [3.63, 3.8) is 0 Å². The highest BCUT2D eigenvalue weighted by atomic mass is 16.5. The minimum Gasteiger partial charge on any atom is -0.379 e. The van der Waals surface area contributed by atoms with Gasteiger partial charge in [0.2, 0.25) is 0 Å². The second kappa shape index (κ2) is 8.61. The number of benzene rings is 3. The zero-order chi connectivity index (χ0) is 17.4. The Labute approximate surface area is 150 Å². The molecule has 0 unspecified atom stereocenters. The Morgan fingerprint density at radius 3 is 1.36 bits per heavy atom. The molecule has 0 fully saturated rings. The molecule has 0 aromatic heterocycles. The average molecular weight is 332 g/mol. The molecule has 25 heavy (non-hydrogen) atoms. The maximum Gasteiger partial charge on any atom is 0.143 e. The summed E-state index contributed by atoms with van der Waals surface area (Å²) in [7, 11) is 0. The van der Waals surface area contributed by atoms with Gasteiger partial charge in [0, 0.05) is 6.61 Å². The van der Waals surface area contributed by atoms with Crippen molar-refractivity contribution in [2.24, 2.45) is 0 Å². The van der Waals surface area contributed by atoms with E-state index in [1.54, 1.807) is 0 Å². The van der Waals surface area contributed by atoms with Crippen molar-refractivity contribution in [3.05, 3.63) is 108 Å². The van der Waals surface area contributed by atoms with Crippen molar-refractivity contribution in [2.45, 2.75) is 12.5 Å². The monoisotopic (exact) mass is 332 g/mol. The van der Waals surface area contributed by atoms with Crippen molar-refractivity contribution in [2.75, 3.05) is 19.8 Å². The van der Waals surface area contributed by atoms with E-state index < -0.39 is 5.60 Å². The van der Waals surface area contributed by atoms with Crippen molar-refractivity contribution in [1.82, 2.24) is 0 Å². The van der Waals surface area contributed by atoms with Gasteiger partial charge in [-0.15, -0.1) is 0 Å². The first-order valence-corrected chi connectivity index (χ1v) is 8.76. The van der Waals surface area contributed by atoms with E-state index in [1.165, 1.54) is 0 Å². The van der Waals surface area contributed by atoms with Crippen LogP contribution in [0.2, 0.25) is 0 Å². The Balaban J connectivity index is 2.13. The van der Waals surface area contributed by atoms with Gasteiger partial charge in [-0.05, 0) is 23.6 Å². The highest BCUT2D eigenvalue weighted by Gasteiger charge is 2.37. The van der Waals surface area contributed by atoms with Gasteiger partial charge in [-0.1, -0.05) is 91.0 Å². The van der Waals surface area contributed by atoms with Gasteiger partial charge in [0.05, 0.1) is 13.2 Å². The molecule has 0 aliphatic heterocycles. The molecule has 0 aliphatic rings. The SMILES string of the molecule is CCOCCOC(c1ccccc1)(c1ccccc1)c1ccccc1. The van der Waals surface area contributed by atoms with E-state index in [1.807, 2.05) is 25.1 Å². The van der Waals surface area contributed by atoms with Gasteiger partial charge in [0.1, 0.15) is 5.60 Å². The molecular weight excluding hydrogens is 308 g/mol. The molecule has 128 valence electrons. The molecule has 2 heteroatoms. The highest BCUT2D eigenvalue weighted by Crippen LogP contribution is 2.40. The fourth-order valence-electron chi connectivity index (χ4n) is 3.17. The van der Waals surface area contributed by atoms with Gasteiger partial charge < -0.3 is 9.47 Å². The van der Waals surface area contributed by atoms with E-state index in [2.05, 4.69) is 72.8 Å². The first kappa shape index (κ1) is 17.4. The molecule has 0 heterocycles. The molecule has 0 amide bonds. The van der Waals surface area contributed by atoms with Crippen molar-refractivity contribution < 1.29 is 9.47 Å². The van der Waals surface area contributed by atoms with E-state index >= 15 is 0 Å². The molecule has 0 spiro atoms. The van der Waals surface area contributed by atoms with Crippen molar-refractivity contribution in [1.29, 1.82) is 0 Å². The first-order chi connectivity index (χ1) is 12.4. The van der Waals surface area contributed by atoms with E-state index in [0.29, 0.717) is 19.8 Å². The van der Waals surface area contributed by atoms with E-state index in [4.69, 9.17) is 9.47 Å². The van der Waals surface area contributed by atoms with Crippen LogP contribution >= 0.6 is 0 Å². The van der Waals surface area contributed by atoms with Crippen molar-refractivity contribution >= 4 is 0 Å². The third kappa shape index (κ3) is 3.81. The summed E-state index contributed by atoms with van der Waals surface area (Å²) in [4.78, 5) is 0. The lowest BCUT2D eigenvalue weighted by Crippen LogP contribution is -2.34. The molecule has 3 aromatic rings. The van der Waals surface area contributed by atoms with Gasteiger partial charge in [0.25, 0.3) is 0 Å². The van der Waals surface area contributed by atoms with Crippen LogP contribution in [0.15, 0.2) is 91.0 Å². The van der Waals surface area contributed by atoms with Crippen LogP contribution < -0.4 is 0 Å². The molecule has 2 nitrogen and oxygen atoms in total. The standard InChI is InChI=1S/C23H24O2/c1-2-24-18-19-25-23(20-12-6-3-7-13-20,21-14-8-4-9-15-21)22-16-10-5-11-17-22/h3-17H,2,18-19H2,1H3. The fourth-order valence-corrected chi connectivity index (χ4v) is 3.17. The Kier molecular flexibility index (Phi) is 5.99. The first-order valence-electron chi connectivity index (χ1n) is 8.76. The summed E-state index contributed by atoms with van der Waals surface area (Å²) in [6.07, 6.45) is 0. The topological polar surface area (TPSA) is 18.5 Å². The molecular formula is C23H24O2. The Hall–Kier alpha value is -2.42. The minimum absolute atomic E-state index is 0.520. The number of hydrogen-bond acceptors (Lipinski definition) is 2. The lowest BCUT2D eigenvalue weighted by atomic mass is 9.80. The summed E-state index contributed by atoms with van der Waals surface area (Å²) in [5.41, 5.74) is 2.69. The average Bonchev–Trinajstić information content (AvgIpc) is 2.70. The van der Waals surface area contributed by atoms with Crippen LogP contribution in [-0.4, -0.2) is 19.8 Å². The van der Waals surface area contributed by atoms with Gasteiger partial charge in [-0.3, -0.25) is 0 Å². The van der Waals surface area contributed by atoms with Crippen LogP contribution in [0.25, 0.3) is 0 Å². The maximum atomic E-state index is 6.56. The summed E-state index contributed by atoms with van der Waals surface area (Å²) >= 11 is 0. The minimum atomic E-state index is -0.652. The largest absolute Gasteiger partial charge is 0.379 e. The predicted octanol–water partition coefficient (Wildman–Crippen LogP) is 5.03. The smallest absolute Gasteiger partial charge is 0.143 e. The van der Waals surface area contributed by atoms with Crippen LogP contribution in [0.5, 0.6) is 0 Å². The van der Waals surface area contributed by atoms with Gasteiger partial charge in [0.15, 0.2) is 0 Å². The molecule has 0 aliphatic carbocycles. The number of rotatable bonds is 8. The number of hydrogen-bond donors (Lipinski definition) is 0. The lowest BCUT2D eigenvalue weighted by Gasteiger charge is -2.36. The number of ether oxygens (including phenoxy) is 2. The quantitative estimate of drug-likeness (QED) is 0.425. The van der Waals surface area contributed by atoms with Gasteiger partial charge in [-0.2, -0.15) is 0 Å². The Morgan fingerprint density at radius 1 is 0.600 bits per heavy atom. The van der Waals surface area contributed by atoms with Crippen LogP contribution in [0.3, 0.4) is 0 Å². The molecule has 0 saturated carbocycles. The van der Waals surface area contributed by atoms with Gasteiger partial charge in [-0.25, -0.2) is 0 Å². The van der Waals surface area contributed by atoms with Crippen molar-refractivity contribution in [3.8, 4) is 0 Å². The normalized spacial score (nSPS) is 11.4. The molecule has 0 radical (unpaired) electrons. The predicted molar refractivity (Wildman–Crippen MR) is 102 cm³/mol. The highest BCUT2D eigenvalue weighted by molar-refractivity contribution is 5.47. The fraction of sp³-hybridized carbons (Fsp3) is 0.217. The zero-order valence-corrected chi connectivity index (χ0v) is 14.6. The second-order valence-corrected chi connectivity index (χ2v) is 5.82. The zero-order valence-electron chi connectivity index (χ0n) is 14.6. The molecule has 3 rings (SSSR count). The third-order valence-electron chi connectivity index (χ3n) is 4.29.